The Morgan fingerprint density at radius 1 is 1.27 bits per heavy atom. The van der Waals surface area contributed by atoms with Crippen molar-refractivity contribution in [1.29, 1.82) is 0 Å². The van der Waals surface area contributed by atoms with Crippen molar-refractivity contribution >= 4 is 11.7 Å². The highest BCUT2D eigenvalue weighted by molar-refractivity contribution is 5.94. The number of carbonyl (C=O) groups is 1. The molecule has 1 amide bonds. The van der Waals surface area contributed by atoms with Crippen molar-refractivity contribution in [1.82, 2.24) is 14.8 Å². The van der Waals surface area contributed by atoms with Gasteiger partial charge in [0.15, 0.2) is 0 Å². The number of aliphatic hydroxyl groups is 1. The van der Waals surface area contributed by atoms with Crippen LogP contribution in [0.25, 0.3) is 11.1 Å². The first-order chi connectivity index (χ1) is 12.3. The molecule has 0 radical (unpaired) electrons. The number of aliphatic hydroxyl groups excluding tert-OH is 1. The number of pyridine rings is 1. The van der Waals surface area contributed by atoms with Gasteiger partial charge >= 0.3 is 0 Å². The van der Waals surface area contributed by atoms with Gasteiger partial charge in [0.1, 0.15) is 5.82 Å². The molecular weight excluding hydrogens is 328 g/mol. The lowest BCUT2D eigenvalue weighted by Crippen LogP contribution is -2.36. The molecule has 6 heteroatoms. The number of aromatic nitrogens is 3. The maximum absolute atomic E-state index is 12.8. The van der Waals surface area contributed by atoms with Crippen LogP contribution in [0.3, 0.4) is 0 Å². The molecule has 1 fully saturated rings. The van der Waals surface area contributed by atoms with Crippen LogP contribution >= 0.6 is 0 Å². The van der Waals surface area contributed by atoms with Crippen molar-refractivity contribution in [2.75, 3.05) is 11.9 Å². The van der Waals surface area contributed by atoms with Crippen LogP contribution in [0, 0.1) is 5.92 Å². The smallest absolute Gasteiger partial charge is 0.230 e. The van der Waals surface area contributed by atoms with Crippen molar-refractivity contribution < 1.29 is 11.3 Å². The highest BCUT2D eigenvalue weighted by Crippen LogP contribution is 2.28. The van der Waals surface area contributed by atoms with Crippen molar-refractivity contribution in [2.24, 2.45) is 5.92 Å². The Balaban J connectivity index is 0.00000261. The second-order valence-electron chi connectivity index (χ2n) is 8.15. The largest absolute Gasteiger partial charge is 0.393 e. The summed E-state index contributed by atoms with van der Waals surface area (Å²) in [7, 11) is 1.78. The molecule has 0 aromatic carbocycles. The maximum Gasteiger partial charge on any atom is 0.230 e. The standard InChI is InChI=1S/C20H28N4O2.H2/c1-20(2,3)24-13-16(12-22-24)15-9-10-21-18(11-15)23(4)19(26)14-5-7-17(25)8-6-14;/h9-14,17,25H,5-8H2,1-4H3;1H. The van der Waals surface area contributed by atoms with Gasteiger partial charge in [-0.25, -0.2) is 4.98 Å². The van der Waals surface area contributed by atoms with E-state index in [1.54, 1.807) is 18.1 Å². The molecule has 1 N–H and O–H groups in total. The van der Waals surface area contributed by atoms with Gasteiger partial charge in [0, 0.05) is 32.3 Å². The van der Waals surface area contributed by atoms with Crippen LogP contribution in [0.4, 0.5) is 5.82 Å². The summed E-state index contributed by atoms with van der Waals surface area (Å²) in [5, 5.41) is 14.1. The lowest BCUT2D eigenvalue weighted by atomic mass is 9.86. The number of hydrogen-bond donors (Lipinski definition) is 1. The first-order valence-corrected chi connectivity index (χ1v) is 9.23. The first kappa shape index (κ1) is 18.6. The zero-order valence-corrected chi connectivity index (χ0v) is 16.0. The van der Waals surface area contributed by atoms with Crippen molar-refractivity contribution in [3.8, 4) is 11.1 Å². The van der Waals surface area contributed by atoms with Gasteiger partial charge in [-0.1, -0.05) is 0 Å². The molecule has 142 valence electrons. The zero-order chi connectivity index (χ0) is 18.9. The van der Waals surface area contributed by atoms with E-state index in [9.17, 15) is 9.90 Å². The minimum absolute atomic E-state index is 0. The first-order valence-electron chi connectivity index (χ1n) is 9.23. The summed E-state index contributed by atoms with van der Waals surface area (Å²) in [5.41, 5.74) is 1.92. The molecule has 2 aromatic rings. The Morgan fingerprint density at radius 2 is 1.96 bits per heavy atom. The molecule has 6 nitrogen and oxygen atoms in total. The van der Waals surface area contributed by atoms with Crippen LogP contribution in [-0.4, -0.2) is 38.9 Å². The molecule has 0 aliphatic heterocycles. The van der Waals surface area contributed by atoms with Crippen LogP contribution < -0.4 is 4.90 Å². The minimum Gasteiger partial charge on any atom is -0.393 e. The average Bonchev–Trinajstić information content (AvgIpc) is 3.12. The molecule has 3 rings (SSSR count). The fraction of sp³-hybridized carbons (Fsp3) is 0.550. The van der Waals surface area contributed by atoms with Crippen LogP contribution in [-0.2, 0) is 10.3 Å². The number of amides is 1. The summed E-state index contributed by atoms with van der Waals surface area (Å²) in [4.78, 5) is 18.8. The van der Waals surface area contributed by atoms with E-state index in [1.807, 2.05) is 29.2 Å². The molecule has 2 aromatic heterocycles. The van der Waals surface area contributed by atoms with E-state index in [1.165, 1.54) is 0 Å². The number of anilines is 1. The predicted molar refractivity (Wildman–Crippen MR) is 104 cm³/mol. The quantitative estimate of drug-likeness (QED) is 0.912. The van der Waals surface area contributed by atoms with Crippen LogP contribution in [0.2, 0.25) is 0 Å². The lowest BCUT2D eigenvalue weighted by molar-refractivity contribution is -0.123. The summed E-state index contributed by atoms with van der Waals surface area (Å²) in [6, 6.07) is 3.86. The van der Waals surface area contributed by atoms with Gasteiger partial charge in [0.05, 0.1) is 17.8 Å². The molecule has 0 unspecified atom stereocenters. The second-order valence-corrected chi connectivity index (χ2v) is 8.15. The van der Waals surface area contributed by atoms with E-state index in [4.69, 9.17) is 0 Å². The monoisotopic (exact) mass is 358 g/mol. The highest BCUT2D eigenvalue weighted by atomic mass is 16.3. The van der Waals surface area contributed by atoms with Gasteiger partial charge in [0.2, 0.25) is 5.91 Å². The molecule has 0 spiro atoms. The van der Waals surface area contributed by atoms with Crippen LogP contribution in [0.1, 0.15) is 47.9 Å². The summed E-state index contributed by atoms with van der Waals surface area (Å²) in [6.45, 7) is 6.32. The zero-order valence-electron chi connectivity index (χ0n) is 16.0. The van der Waals surface area contributed by atoms with Crippen molar-refractivity contribution in [3.63, 3.8) is 0 Å². The number of nitrogens with zero attached hydrogens (tertiary/aromatic N) is 4. The summed E-state index contributed by atoms with van der Waals surface area (Å²) < 4.78 is 1.94. The second kappa shape index (κ2) is 7.19. The summed E-state index contributed by atoms with van der Waals surface area (Å²) in [6.07, 6.45) is 8.20. The number of hydrogen-bond acceptors (Lipinski definition) is 4. The summed E-state index contributed by atoms with van der Waals surface area (Å²) in [5.74, 6) is 0.687. The van der Waals surface area contributed by atoms with Gasteiger partial charge < -0.3 is 5.11 Å². The van der Waals surface area contributed by atoms with E-state index >= 15 is 0 Å². The van der Waals surface area contributed by atoms with Gasteiger partial charge in [-0.05, 0) is 64.2 Å². The fourth-order valence-electron chi connectivity index (χ4n) is 3.33. The Kier molecular flexibility index (Phi) is 5.14. The highest BCUT2D eigenvalue weighted by Gasteiger charge is 2.28. The average molecular weight is 358 g/mol. The predicted octanol–water partition coefficient (Wildman–Crippen LogP) is 3.46. The molecule has 1 aliphatic carbocycles. The minimum atomic E-state index is -0.259. The Hall–Kier alpha value is -2.21. The van der Waals surface area contributed by atoms with Gasteiger partial charge in [-0.3, -0.25) is 14.4 Å². The molecule has 1 saturated carbocycles. The Bertz CT molecular complexity index is 776. The van der Waals surface area contributed by atoms with E-state index in [0.717, 1.165) is 24.0 Å². The normalized spacial score (nSPS) is 20.8. The SMILES string of the molecule is CN(C(=O)C1CCC(O)CC1)c1cc(-c2cnn(C(C)(C)C)c2)ccn1.[HH]. The van der Waals surface area contributed by atoms with Gasteiger partial charge in [0.25, 0.3) is 0 Å². The fourth-order valence-corrected chi connectivity index (χ4v) is 3.33. The molecule has 2 heterocycles. The molecule has 0 bridgehead atoms. The lowest BCUT2D eigenvalue weighted by Gasteiger charge is -2.28. The maximum atomic E-state index is 12.8. The Labute approximate surface area is 156 Å². The molecular formula is C20H30N4O2. The van der Waals surface area contributed by atoms with E-state index in [2.05, 4.69) is 30.9 Å². The molecule has 1 aliphatic rings. The molecule has 0 saturated heterocycles. The third-order valence-corrected chi connectivity index (χ3v) is 5.07. The van der Waals surface area contributed by atoms with Gasteiger partial charge in [-0.2, -0.15) is 5.10 Å². The molecule has 26 heavy (non-hydrogen) atoms. The molecule has 0 atom stereocenters. The van der Waals surface area contributed by atoms with E-state index in [-0.39, 0.29) is 24.9 Å². The number of carbonyl (C=O) groups excluding carboxylic acids is 1. The number of rotatable bonds is 3. The topological polar surface area (TPSA) is 71.2 Å². The van der Waals surface area contributed by atoms with Gasteiger partial charge in [-0.15, -0.1) is 0 Å². The van der Waals surface area contributed by atoms with Crippen molar-refractivity contribution in [3.05, 3.63) is 30.7 Å². The van der Waals surface area contributed by atoms with E-state index in [0.29, 0.717) is 18.7 Å². The third kappa shape index (κ3) is 3.96. The summed E-state index contributed by atoms with van der Waals surface area (Å²) >= 11 is 0. The van der Waals surface area contributed by atoms with Crippen LogP contribution in [0.15, 0.2) is 30.7 Å². The van der Waals surface area contributed by atoms with E-state index < -0.39 is 0 Å². The van der Waals surface area contributed by atoms with Crippen molar-refractivity contribution in [2.45, 2.75) is 58.1 Å². The van der Waals surface area contributed by atoms with Crippen LogP contribution in [0.5, 0.6) is 0 Å². The Morgan fingerprint density at radius 3 is 2.58 bits per heavy atom. The third-order valence-electron chi connectivity index (χ3n) is 5.07.